The molecule has 0 fully saturated rings. The first-order valence-electron chi connectivity index (χ1n) is 8.45. The molecule has 8 heteroatoms. The van der Waals surface area contributed by atoms with Crippen LogP contribution in [0, 0.1) is 17.0 Å². The van der Waals surface area contributed by atoms with Gasteiger partial charge in [-0.3, -0.25) is 14.9 Å². The zero-order valence-electron chi connectivity index (χ0n) is 15.0. The van der Waals surface area contributed by atoms with Gasteiger partial charge in [0.2, 0.25) is 5.91 Å². The molecule has 3 rings (SSSR count). The molecule has 0 spiro atoms. The molecule has 0 bridgehead atoms. The number of aromatic nitrogens is 1. The lowest BCUT2D eigenvalue weighted by Crippen LogP contribution is -2.13. The summed E-state index contributed by atoms with van der Waals surface area (Å²) in [5.41, 5.74) is 2.09. The highest BCUT2D eigenvalue weighted by Gasteiger charge is 2.10. The lowest BCUT2D eigenvalue weighted by atomic mass is 10.2. The second-order valence-electron chi connectivity index (χ2n) is 6.12. The minimum absolute atomic E-state index is 0.0374. The number of thioether (sulfide) groups is 1. The van der Waals surface area contributed by atoms with E-state index in [4.69, 9.17) is 0 Å². The molecule has 0 unspecified atom stereocenters. The predicted octanol–water partition coefficient (Wildman–Crippen LogP) is 4.46. The van der Waals surface area contributed by atoms with Gasteiger partial charge in [-0.05, 0) is 37.3 Å². The molecule has 0 saturated heterocycles. The summed E-state index contributed by atoms with van der Waals surface area (Å²) in [6, 6.07) is 13.0. The van der Waals surface area contributed by atoms with Crippen LogP contribution in [-0.2, 0) is 11.8 Å². The van der Waals surface area contributed by atoms with E-state index in [0.717, 1.165) is 22.4 Å². The number of hydrogen-bond acceptors (Lipinski definition) is 5. The Balaban J connectivity index is 1.63. The Labute approximate surface area is 164 Å². The third kappa shape index (κ3) is 4.84. The van der Waals surface area contributed by atoms with Crippen LogP contribution in [0.3, 0.4) is 0 Å². The number of rotatable bonds is 6. The van der Waals surface area contributed by atoms with Gasteiger partial charge in [0.1, 0.15) is 0 Å². The molecular weight excluding hydrogens is 382 g/mol. The van der Waals surface area contributed by atoms with E-state index in [9.17, 15) is 14.9 Å². The number of carbonyl (C=O) groups excluding carboxylic acids is 1. The summed E-state index contributed by atoms with van der Waals surface area (Å²) in [5, 5.41) is 10.9. The maximum absolute atomic E-state index is 12.2. The van der Waals surface area contributed by atoms with Crippen molar-refractivity contribution in [2.75, 3.05) is 5.75 Å². The summed E-state index contributed by atoms with van der Waals surface area (Å²) in [5.74, 6) is 0.686. The number of amides is 1. The van der Waals surface area contributed by atoms with Crippen molar-refractivity contribution in [1.82, 2.24) is 4.57 Å². The number of nitro groups is 1. The van der Waals surface area contributed by atoms with Gasteiger partial charge >= 0.3 is 0 Å². The maximum atomic E-state index is 12.2. The molecule has 0 aliphatic rings. The first-order chi connectivity index (χ1) is 12.9. The molecule has 1 heterocycles. The molecule has 27 heavy (non-hydrogen) atoms. The van der Waals surface area contributed by atoms with E-state index in [2.05, 4.69) is 36.2 Å². The minimum atomic E-state index is -0.424. The van der Waals surface area contributed by atoms with Gasteiger partial charge in [0.05, 0.1) is 15.1 Å². The fourth-order valence-electron chi connectivity index (χ4n) is 2.55. The second kappa shape index (κ2) is 8.49. The molecule has 0 saturated carbocycles. The van der Waals surface area contributed by atoms with E-state index in [-0.39, 0.29) is 11.6 Å². The molecule has 0 aliphatic heterocycles. The van der Waals surface area contributed by atoms with Crippen LogP contribution in [0.4, 0.5) is 5.69 Å². The summed E-state index contributed by atoms with van der Waals surface area (Å²) >= 11 is 3.02. The Morgan fingerprint density at radius 3 is 2.70 bits per heavy atom. The number of carbonyl (C=O) groups is 1. The van der Waals surface area contributed by atoms with Crippen molar-refractivity contribution in [3.63, 3.8) is 0 Å². The number of fused-ring (bicyclic) bond motifs is 1. The van der Waals surface area contributed by atoms with E-state index in [0.29, 0.717) is 11.2 Å². The van der Waals surface area contributed by atoms with Crippen LogP contribution in [0.1, 0.15) is 18.4 Å². The van der Waals surface area contributed by atoms with Gasteiger partial charge in [-0.1, -0.05) is 29.0 Å². The first kappa shape index (κ1) is 19.3. The first-order valence-corrected chi connectivity index (χ1v) is 10.3. The molecule has 6 nitrogen and oxygen atoms in total. The number of thiazole rings is 1. The smallest absolute Gasteiger partial charge is 0.270 e. The molecule has 0 aliphatic carbocycles. The van der Waals surface area contributed by atoms with Gasteiger partial charge in [0, 0.05) is 30.5 Å². The Hall–Kier alpha value is -2.45. The third-order valence-electron chi connectivity index (χ3n) is 4.05. The Morgan fingerprint density at radius 1 is 1.26 bits per heavy atom. The van der Waals surface area contributed by atoms with E-state index in [1.54, 1.807) is 22.4 Å². The second-order valence-corrected chi connectivity index (χ2v) is 8.30. The molecule has 140 valence electrons. The highest BCUT2D eigenvalue weighted by atomic mass is 32.2. The number of non-ortho nitro benzene ring substituents is 1. The zero-order chi connectivity index (χ0) is 19.4. The van der Waals surface area contributed by atoms with Crippen molar-refractivity contribution in [2.24, 2.45) is 12.0 Å². The van der Waals surface area contributed by atoms with Crippen LogP contribution in [0.2, 0.25) is 0 Å². The highest BCUT2D eigenvalue weighted by molar-refractivity contribution is 7.99. The monoisotopic (exact) mass is 401 g/mol. The summed E-state index contributed by atoms with van der Waals surface area (Å²) in [6.07, 6.45) is 1.13. The summed E-state index contributed by atoms with van der Waals surface area (Å²) in [6.45, 7) is 2.06. The molecule has 0 radical (unpaired) electrons. The SMILES string of the molecule is Cc1ccc(SCCCC(=O)N=c2sc3cc([N+](=O)[O-])ccc3n2C)cc1. The van der Waals surface area contributed by atoms with Crippen molar-refractivity contribution in [1.29, 1.82) is 0 Å². The van der Waals surface area contributed by atoms with Gasteiger partial charge in [-0.15, -0.1) is 11.8 Å². The standard InChI is InChI=1S/C19H19N3O3S2/c1-13-5-8-15(9-6-13)26-11-3-4-18(23)20-19-21(2)16-10-7-14(22(24)25)12-17(16)27-19/h5-10,12H,3-4,11H2,1-2H3. The van der Waals surface area contributed by atoms with Crippen molar-refractivity contribution in [3.8, 4) is 0 Å². The van der Waals surface area contributed by atoms with Gasteiger partial charge in [-0.25, -0.2) is 0 Å². The van der Waals surface area contributed by atoms with E-state index >= 15 is 0 Å². The Morgan fingerprint density at radius 2 is 2.00 bits per heavy atom. The fourth-order valence-corrected chi connectivity index (χ4v) is 4.47. The number of aryl methyl sites for hydroxylation is 2. The number of benzene rings is 2. The van der Waals surface area contributed by atoms with E-state index < -0.39 is 4.92 Å². The third-order valence-corrected chi connectivity index (χ3v) is 6.24. The lowest BCUT2D eigenvalue weighted by molar-refractivity contribution is -0.384. The van der Waals surface area contributed by atoms with Gasteiger partial charge in [0.25, 0.3) is 5.69 Å². The normalized spacial score (nSPS) is 11.9. The van der Waals surface area contributed by atoms with Gasteiger partial charge in [-0.2, -0.15) is 4.99 Å². The minimum Gasteiger partial charge on any atom is -0.319 e. The predicted molar refractivity (Wildman–Crippen MR) is 109 cm³/mol. The summed E-state index contributed by atoms with van der Waals surface area (Å²) in [4.78, 5) is 28.6. The van der Waals surface area contributed by atoms with Crippen LogP contribution in [0.15, 0.2) is 52.4 Å². The highest BCUT2D eigenvalue weighted by Crippen LogP contribution is 2.23. The number of nitro benzene ring substituents is 1. The fraction of sp³-hybridized carbons (Fsp3) is 0.263. The Bertz CT molecular complexity index is 1050. The largest absolute Gasteiger partial charge is 0.319 e. The molecule has 1 amide bonds. The van der Waals surface area contributed by atoms with E-state index in [1.165, 1.54) is 33.9 Å². The molecule has 2 aromatic carbocycles. The van der Waals surface area contributed by atoms with Crippen LogP contribution in [0.5, 0.6) is 0 Å². The van der Waals surface area contributed by atoms with Gasteiger partial charge < -0.3 is 4.57 Å². The summed E-state index contributed by atoms with van der Waals surface area (Å²) < 4.78 is 2.54. The van der Waals surface area contributed by atoms with Crippen LogP contribution < -0.4 is 4.80 Å². The van der Waals surface area contributed by atoms with Crippen molar-refractivity contribution in [3.05, 3.63) is 62.9 Å². The van der Waals surface area contributed by atoms with Crippen molar-refractivity contribution >= 4 is 44.9 Å². The Kier molecular flexibility index (Phi) is 6.08. The van der Waals surface area contributed by atoms with Crippen molar-refractivity contribution in [2.45, 2.75) is 24.7 Å². The quantitative estimate of drug-likeness (QED) is 0.264. The topological polar surface area (TPSA) is 77.5 Å². The molecule has 1 aromatic heterocycles. The maximum Gasteiger partial charge on any atom is 0.270 e. The molecular formula is C19H19N3O3S2. The lowest BCUT2D eigenvalue weighted by Gasteiger charge is -2.01. The molecule has 0 N–H and O–H groups in total. The zero-order valence-corrected chi connectivity index (χ0v) is 16.7. The van der Waals surface area contributed by atoms with Crippen molar-refractivity contribution < 1.29 is 9.72 Å². The molecule has 0 atom stereocenters. The average Bonchev–Trinajstić information content (AvgIpc) is 2.95. The van der Waals surface area contributed by atoms with Crippen LogP contribution >= 0.6 is 23.1 Å². The van der Waals surface area contributed by atoms with Crippen LogP contribution in [-0.4, -0.2) is 21.2 Å². The van der Waals surface area contributed by atoms with Crippen LogP contribution in [0.25, 0.3) is 10.2 Å². The average molecular weight is 402 g/mol. The molecule has 3 aromatic rings. The summed E-state index contributed by atoms with van der Waals surface area (Å²) in [7, 11) is 1.81. The van der Waals surface area contributed by atoms with E-state index in [1.807, 2.05) is 7.05 Å². The number of nitrogens with zero attached hydrogens (tertiary/aromatic N) is 3. The number of hydrogen-bond donors (Lipinski definition) is 0. The van der Waals surface area contributed by atoms with Gasteiger partial charge in [0.15, 0.2) is 4.80 Å².